The molecule has 0 radical (unpaired) electrons. The predicted octanol–water partition coefficient (Wildman–Crippen LogP) is 3.86. The van der Waals surface area contributed by atoms with E-state index < -0.39 is 17.5 Å². The lowest BCUT2D eigenvalue weighted by molar-refractivity contribution is -0.147. The molecule has 0 spiro atoms. The van der Waals surface area contributed by atoms with Gasteiger partial charge in [-0.1, -0.05) is 61.9 Å². The Morgan fingerprint density at radius 1 is 1.15 bits per heavy atom. The molecule has 0 saturated heterocycles. The molecule has 1 aliphatic rings. The molecule has 27 heavy (non-hydrogen) atoms. The summed E-state index contributed by atoms with van der Waals surface area (Å²) in [5.74, 6) is 0.101. The molecular formula is C23H26O4. The fraction of sp³-hybridized carbons (Fsp3) is 0.348. The van der Waals surface area contributed by atoms with Crippen molar-refractivity contribution in [1.29, 1.82) is 0 Å². The van der Waals surface area contributed by atoms with Gasteiger partial charge in [-0.3, -0.25) is 4.79 Å². The van der Waals surface area contributed by atoms with E-state index in [1.54, 1.807) is 25.3 Å². The summed E-state index contributed by atoms with van der Waals surface area (Å²) in [5, 5.41) is 22.2. The van der Waals surface area contributed by atoms with Crippen molar-refractivity contribution in [2.24, 2.45) is 0 Å². The Balaban J connectivity index is 2.04. The minimum absolute atomic E-state index is 0.150. The monoisotopic (exact) mass is 366 g/mol. The molecule has 3 rings (SSSR count). The fourth-order valence-electron chi connectivity index (χ4n) is 3.68. The van der Waals surface area contributed by atoms with Gasteiger partial charge in [0.05, 0.1) is 7.11 Å². The smallest absolute Gasteiger partial charge is 0.197 e. The van der Waals surface area contributed by atoms with Crippen LogP contribution in [0.15, 0.2) is 54.6 Å². The van der Waals surface area contributed by atoms with Crippen LogP contribution in [-0.2, 0) is 11.2 Å². The molecule has 4 heteroatoms. The second kappa shape index (κ2) is 8.07. The summed E-state index contributed by atoms with van der Waals surface area (Å²) >= 11 is 0. The summed E-state index contributed by atoms with van der Waals surface area (Å²) in [6, 6.07) is 15.0. The van der Waals surface area contributed by atoms with Crippen LogP contribution in [0.2, 0.25) is 0 Å². The van der Waals surface area contributed by atoms with E-state index in [9.17, 15) is 15.0 Å². The summed E-state index contributed by atoms with van der Waals surface area (Å²) in [6.45, 7) is 2.03. The second-order valence-electron chi connectivity index (χ2n) is 6.97. The van der Waals surface area contributed by atoms with Crippen LogP contribution < -0.4 is 4.74 Å². The molecule has 0 saturated carbocycles. The van der Waals surface area contributed by atoms with Crippen LogP contribution in [0.25, 0.3) is 5.57 Å². The minimum atomic E-state index is -1.85. The summed E-state index contributed by atoms with van der Waals surface area (Å²) in [7, 11) is 1.54. The van der Waals surface area contributed by atoms with Gasteiger partial charge in [-0.2, -0.15) is 0 Å². The zero-order valence-corrected chi connectivity index (χ0v) is 15.8. The van der Waals surface area contributed by atoms with E-state index in [0.29, 0.717) is 35.3 Å². The molecule has 0 bridgehead atoms. The number of carbonyl (C=O) groups is 1. The number of carbonyl (C=O) groups excluding carboxylic acids is 1. The van der Waals surface area contributed by atoms with E-state index in [4.69, 9.17) is 4.74 Å². The zero-order chi connectivity index (χ0) is 19.4. The van der Waals surface area contributed by atoms with Gasteiger partial charge in [0.2, 0.25) is 0 Å². The number of allylic oxidation sites excluding steroid dienone is 1. The molecule has 0 aromatic heterocycles. The maximum atomic E-state index is 13.3. The molecule has 1 aliphatic carbocycles. The van der Waals surface area contributed by atoms with Crippen LogP contribution in [0.4, 0.5) is 0 Å². The van der Waals surface area contributed by atoms with Crippen LogP contribution in [0.5, 0.6) is 5.75 Å². The topological polar surface area (TPSA) is 66.8 Å². The van der Waals surface area contributed by atoms with E-state index in [0.717, 1.165) is 12.0 Å². The quantitative estimate of drug-likeness (QED) is 0.762. The molecule has 0 aliphatic heterocycles. The number of hydrogen-bond donors (Lipinski definition) is 2. The first kappa shape index (κ1) is 19.3. The molecule has 0 fully saturated rings. The lowest BCUT2D eigenvalue weighted by Gasteiger charge is -2.38. The van der Waals surface area contributed by atoms with Crippen molar-refractivity contribution in [2.75, 3.05) is 7.11 Å². The zero-order valence-electron chi connectivity index (χ0n) is 15.8. The highest BCUT2D eigenvalue weighted by molar-refractivity contribution is 6.27. The number of aryl methyl sites for hydroxylation is 1. The Morgan fingerprint density at radius 2 is 1.89 bits per heavy atom. The number of fused-ring (bicyclic) bond motifs is 1. The van der Waals surface area contributed by atoms with E-state index in [-0.39, 0.29) is 6.42 Å². The van der Waals surface area contributed by atoms with Gasteiger partial charge < -0.3 is 14.9 Å². The molecule has 0 heterocycles. The van der Waals surface area contributed by atoms with Crippen LogP contribution in [0.1, 0.15) is 49.0 Å². The number of ether oxygens (including phenoxy) is 1. The highest BCUT2D eigenvalue weighted by Gasteiger charge is 2.50. The van der Waals surface area contributed by atoms with Crippen LogP contribution in [0.3, 0.4) is 0 Å². The maximum Gasteiger partial charge on any atom is 0.197 e. The number of ketones is 1. The third kappa shape index (κ3) is 3.55. The Hall–Kier alpha value is -2.43. The number of benzene rings is 2. The van der Waals surface area contributed by atoms with Crippen molar-refractivity contribution < 1.29 is 19.7 Å². The normalized spacial score (nSPS) is 23.3. The molecule has 0 unspecified atom stereocenters. The predicted molar refractivity (Wildman–Crippen MR) is 106 cm³/mol. The molecular weight excluding hydrogens is 340 g/mol. The Morgan fingerprint density at radius 3 is 2.56 bits per heavy atom. The molecule has 0 amide bonds. The first-order valence-electron chi connectivity index (χ1n) is 9.39. The maximum absolute atomic E-state index is 13.3. The van der Waals surface area contributed by atoms with Crippen molar-refractivity contribution in [2.45, 2.75) is 44.3 Å². The first-order valence-corrected chi connectivity index (χ1v) is 9.39. The number of hydrogen-bond acceptors (Lipinski definition) is 4. The number of Topliss-reactive ketones (excluding diaryl/α,β-unsaturated/α-hetero) is 1. The second-order valence-corrected chi connectivity index (χ2v) is 6.97. The molecule has 2 aromatic carbocycles. The number of rotatable bonds is 6. The third-order valence-corrected chi connectivity index (χ3v) is 5.21. The average molecular weight is 366 g/mol. The van der Waals surface area contributed by atoms with Gasteiger partial charge in [-0.15, -0.1) is 0 Å². The largest absolute Gasteiger partial charge is 0.496 e. The van der Waals surface area contributed by atoms with Gasteiger partial charge in [-0.05, 0) is 36.5 Å². The minimum Gasteiger partial charge on any atom is -0.496 e. The van der Waals surface area contributed by atoms with Crippen LogP contribution >= 0.6 is 0 Å². The van der Waals surface area contributed by atoms with Gasteiger partial charge in [0.15, 0.2) is 11.4 Å². The fourth-order valence-corrected chi connectivity index (χ4v) is 3.68. The van der Waals surface area contributed by atoms with Crippen molar-refractivity contribution in [3.8, 4) is 5.75 Å². The third-order valence-electron chi connectivity index (χ3n) is 5.21. The Bertz CT molecular complexity index is 841. The number of aliphatic hydroxyl groups is 2. The SMILES string of the molecule is CCC/C=C1\C(=O)[C@@](O)(CCc2ccccc2)[C@H](O)c2cccc(OC)c21. The van der Waals surface area contributed by atoms with Crippen molar-refractivity contribution in [3.63, 3.8) is 0 Å². The van der Waals surface area contributed by atoms with E-state index in [2.05, 4.69) is 0 Å². The van der Waals surface area contributed by atoms with E-state index >= 15 is 0 Å². The van der Waals surface area contributed by atoms with Crippen molar-refractivity contribution in [1.82, 2.24) is 0 Å². The van der Waals surface area contributed by atoms with Crippen molar-refractivity contribution in [3.05, 3.63) is 71.3 Å². The number of unbranched alkanes of at least 4 members (excludes halogenated alkanes) is 1. The molecule has 142 valence electrons. The summed E-state index contributed by atoms with van der Waals surface area (Å²) in [4.78, 5) is 13.3. The van der Waals surface area contributed by atoms with Gasteiger partial charge in [0.1, 0.15) is 11.9 Å². The standard InChI is InChI=1S/C23H26O4/c1-3-4-11-17-20-18(12-8-13-19(20)27-2)22(25)23(26,21(17)24)15-14-16-9-6-5-7-10-16/h5-13,22,25-26H,3-4,14-15H2,1-2H3/b17-11-/t22-,23+/m1/s1. The van der Waals surface area contributed by atoms with E-state index in [1.807, 2.05) is 43.3 Å². The highest BCUT2D eigenvalue weighted by atomic mass is 16.5. The van der Waals surface area contributed by atoms with Gasteiger partial charge in [0, 0.05) is 11.1 Å². The summed E-state index contributed by atoms with van der Waals surface area (Å²) < 4.78 is 5.43. The lowest BCUT2D eigenvalue weighted by atomic mass is 9.71. The summed E-state index contributed by atoms with van der Waals surface area (Å²) in [5.41, 5.74) is 0.725. The molecule has 4 nitrogen and oxygen atoms in total. The van der Waals surface area contributed by atoms with Crippen LogP contribution in [0, 0.1) is 0 Å². The van der Waals surface area contributed by atoms with Crippen molar-refractivity contribution >= 4 is 11.4 Å². The highest BCUT2D eigenvalue weighted by Crippen LogP contribution is 2.46. The average Bonchev–Trinajstić information content (AvgIpc) is 2.71. The molecule has 2 N–H and O–H groups in total. The Kier molecular flexibility index (Phi) is 5.78. The lowest BCUT2D eigenvalue weighted by Crippen LogP contribution is -2.48. The number of aliphatic hydroxyl groups excluding tert-OH is 1. The van der Waals surface area contributed by atoms with Gasteiger partial charge in [0.25, 0.3) is 0 Å². The first-order chi connectivity index (χ1) is 13.0. The van der Waals surface area contributed by atoms with Gasteiger partial charge in [-0.25, -0.2) is 0 Å². The van der Waals surface area contributed by atoms with Crippen LogP contribution in [-0.4, -0.2) is 28.7 Å². The van der Waals surface area contributed by atoms with Gasteiger partial charge >= 0.3 is 0 Å². The Labute approximate surface area is 160 Å². The molecule has 2 atom stereocenters. The summed E-state index contributed by atoms with van der Waals surface area (Å²) in [6.07, 6.45) is 2.80. The van der Waals surface area contributed by atoms with E-state index in [1.165, 1.54) is 0 Å². The number of methoxy groups -OCH3 is 1. The molecule has 2 aromatic rings.